The summed E-state index contributed by atoms with van der Waals surface area (Å²) in [6.45, 7) is 3.69. The Labute approximate surface area is 123 Å². The Kier molecular flexibility index (Phi) is 4.31. The van der Waals surface area contributed by atoms with Crippen LogP contribution in [0.2, 0.25) is 0 Å². The minimum absolute atomic E-state index is 0.183. The molecule has 0 spiro atoms. The Bertz CT molecular complexity index is 675. The van der Waals surface area contributed by atoms with Crippen LogP contribution >= 0.6 is 0 Å². The number of amides is 1. The molecule has 2 aromatic rings. The summed E-state index contributed by atoms with van der Waals surface area (Å²) in [4.78, 5) is 28.1. The van der Waals surface area contributed by atoms with Crippen molar-refractivity contribution in [2.24, 2.45) is 0 Å². The average Bonchev–Trinajstić information content (AvgIpc) is 2.75. The number of aromatic amines is 1. The molecule has 5 nitrogen and oxygen atoms in total. The molecule has 0 aliphatic carbocycles. The number of carboxylic acid groups (broad SMARTS) is 1. The number of aliphatic carboxylic acids is 1. The number of para-hydroxylation sites is 1. The summed E-state index contributed by atoms with van der Waals surface area (Å²) in [6.07, 6.45) is 0.598. The Morgan fingerprint density at radius 2 is 2.00 bits per heavy atom. The van der Waals surface area contributed by atoms with E-state index in [1.807, 2.05) is 31.2 Å². The topological polar surface area (TPSA) is 73.4 Å². The number of nitrogens with one attached hydrogen (secondary N) is 1. The van der Waals surface area contributed by atoms with Crippen molar-refractivity contribution in [2.45, 2.75) is 32.7 Å². The van der Waals surface area contributed by atoms with Gasteiger partial charge in [0.1, 0.15) is 6.04 Å². The molecule has 5 heteroatoms. The zero-order chi connectivity index (χ0) is 15.6. The van der Waals surface area contributed by atoms with Gasteiger partial charge in [-0.05, 0) is 25.0 Å². The second-order valence-electron chi connectivity index (χ2n) is 5.22. The van der Waals surface area contributed by atoms with Crippen LogP contribution in [0.5, 0.6) is 0 Å². The van der Waals surface area contributed by atoms with Crippen LogP contribution in [0.15, 0.2) is 24.3 Å². The van der Waals surface area contributed by atoms with E-state index >= 15 is 0 Å². The molecule has 0 saturated carbocycles. The van der Waals surface area contributed by atoms with Crippen molar-refractivity contribution in [2.75, 3.05) is 7.05 Å². The second kappa shape index (κ2) is 5.99. The number of hydrogen-bond acceptors (Lipinski definition) is 2. The highest BCUT2D eigenvalue weighted by molar-refractivity contribution is 5.91. The molecule has 1 unspecified atom stereocenters. The third kappa shape index (κ3) is 2.91. The van der Waals surface area contributed by atoms with Crippen LogP contribution in [0.3, 0.4) is 0 Å². The molecule has 0 aliphatic rings. The van der Waals surface area contributed by atoms with E-state index in [1.165, 1.54) is 4.90 Å². The molecule has 1 atom stereocenters. The predicted octanol–water partition coefficient (Wildman–Crippen LogP) is 2.34. The van der Waals surface area contributed by atoms with Crippen LogP contribution in [0.4, 0.5) is 0 Å². The van der Waals surface area contributed by atoms with E-state index in [1.54, 1.807) is 14.0 Å². The SMILES string of the molecule is CCC(C(=O)O)N(C)C(=O)Cc1c(C)[nH]c2ccccc12. The molecule has 0 radical (unpaired) electrons. The summed E-state index contributed by atoms with van der Waals surface area (Å²) in [5.74, 6) is -1.15. The van der Waals surface area contributed by atoms with Crippen molar-refractivity contribution in [3.8, 4) is 0 Å². The number of hydrogen-bond donors (Lipinski definition) is 2. The summed E-state index contributed by atoms with van der Waals surface area (Å²) in [7, 11) is 1.55. The van der Waals surface area contributed by atoms with Crippen molar-refractivity contribution in [3.63, 3.8) is 0 Å². The van der Waals surface area contributed by atoms with Gasteiger partial charge in [-0.25, -0.2) is 4.79 Å². The molecule has 2 rings (SSSR count). The van der Waals surface area contributed by atoms with Gasteiger partial charge in [0.15, 0.2) is 0 Å². The second-order valence-corrected chi connectivity index (χ2v) is 5.22. The van der Waals surface area contributed by atoms with Gasteiger partial charge in [0, 0.05) is 23.6 Å². The Hall–Kier alpha value is -2.30. The van der Waals surface area contributed by atoms with E-state index in [0.717, 1.165) is 22.2 Å². The van der Waals surface area contributed by atoms with E-state index in [0.29, 0.717) is 6.42 Å². The van der Waals surface area contributed by atoms with Gasteiger partial charge in [-0.1, -0.05) is 25.1 Å². The number of carbonyl (C=O) groups is 2. The third-order valence-corrected chi connectivity index (χ3v) is 3.89. The predicted molar refractivity (Wildman–Crippen MR) is 81.2 cm³/mol. The first-order valence-electron chi connectivity index (χ1n) is 7.00. The van der Waals surface area contributed by atoms with Gasteiger partial charge in [-0.2, -0.15) is 0 Å². The van der Waals surface area contributed by atoms with Crippen LogP contribution in [-0.4, -0.2) is 40.0 Å². The lowest BCUT2D eigenvalue weighted by molar-refractivity contribution is -0.148. The number of nitrogens with zero attached hydrogens (tertiary/aromatic N) is 1. The molecule has 1 amide bonds. The summed E-state index contributed by atoms with van der Waals surface area (Å²) < 4.78 is 0. The molecule has 1 aromatic carbocycles. The van der Waals surface area contributed by atoms with E-state index in [9.17, 15) is 9.59 Å². The van der Waals surface area contributed by atoms with Crippen molar-refractivity contribution in [3.05, 3.63) is 35.5 Å². The Morgan fingerprint density at radius 1 is 1.33 bits per heavy atom. The number of carboxylic acids is 1. The van der Waals surface area contributed by atoms with Crippen LogP contribution in [0, 0.1) is 6.92 Å². The third-order valence-electron chi connectivity index (χ3n) is 3.89. The lowest BCUT2D eigenvalue weighted by Crippen LogP contribution is -2.42. The van der Waals surface area contributed by atoms with Crippen LogP contribution in [0.1, 0.15) is 24.6 Å². The molecule has 112 valence electrons. The fourth-order valence-electron chi connectivity index (χ4n) is 2.63. The minimum atomic E-state index is -0.969. The molecule has 2 N–H and O–H groups in total. The fraction of sp³-hybridized carbons (Fsp3) is 0.375. The van der Waals surface area contributed by atoms with Crippen molar-refractivity contribution < 1.29 is 14.7 Å². The summed E-state index contributed by atoms with van der Waals surface area (Å²) in [6, 6.07) is 7.03. The molecular weight excluding hydrogens is 268 g/mol. The highest BCUT2D eigenvalue weighted by Gasteiger charge is 2.25. The van der Waals surface area contributed by atoms with Gasteiger partial charge < -0.3 is 15.0 Å². The summed E-state index contributed by atoms with van der Waals surface area (Å²) in [5.41, 5.74) is 2.87. The summed E-state index contributed by atoms with van der Waals surface area (Å²) in [5, 5.41) is 10.2. The Morgan fingerprint density at radius 3 is 2.62 bits per heavy atom. The van der Waals surface area contributed by atoms with Crippen molar-refractivity contribution in [1.29, 1.82) is 0 Å². The van der Waals surface area contributed by atoms with Gasteiger partial charge in [-0.15, -0.1) is 0 Å². The van der Waals surface area contributed by atoms with Crippen LogP contribution < -0.4 is 0 Å². The van der Waals surface area contributed by atoms with Crippen LogP contribution in [0.25, 0.3) is 10.9 Å². The van der Waals surface area contributed by atoms with Crippen LogP contribution in [-0.2, 0) is 16.0 Å². The van der Waals surface area contributed by atoms with Gasteiger partial charge in [0.05, 0.1) is 6.42 Å². The average molecular weight is 288 g/mol. The van der Waals surface area contributed by atoms with E-state index in [-0.39, 0.29) is 12.3 Å². The highest BCUT2D eigenvalue weighted by atomic mass is 16.4. The fourth-order valence-corrected chi connectivity index (χ4v) is 2.63. The zero-order valence-corrected chi connectivity index (χ0v) is 12.5. The van der Waals surface area contributed by atoms with Gasteiger partial charge in [-0.3, -0.25) is 4.79 Å². The molecule has 1 aromatic heterocycles. The lowest BCUT2D eigenvalue weighted by Gasteiger charge is -2.23. The molecule has 0 saturated heterocycles. The largest absolute Gasteiger partial charge is 0.480 e. The quantitative estimate of drug-likeness (QED) is 0.887. The first-order valence-corrected chi connectivity index (χ1v) is 7.00. The number of H-pyrrole nitrogens is 1. The number of likely N-dealkylation sites (N-methyl/N-ethyl adjacent to an activating group) is 1. The van der Waals surface area contributed by atoms with Gasteiger partial charge in [0.25, 0.3) is 0 Å². The molecule has 0 fully saturated rings. The number of aryl methyl sites for hydroxylation is 1. The van der Waals surface area contributed by atoms with Gasteiger partial charge >= 0.3 is 5.97 Å². The minimum Gasteiger partial charge on any atom is -0.480 e. The van der Waals surface area contributed by atoms with Crippen molar-refractivity contribution in [1.82, 2.24) is 9.88 Å². The number of carbonyl (C=O) groups excluding carboxylic acids is 1. The lowest BCUT2D eigenvalue weighted by atomic mass is 10.1. The smallest absolute Gasteiger partial charge is 0.326 e. The molecular formula is C16H20N2O3. The first-order chi connectivity index (χ1) is 9.95. The number of benzene rings is 1. The first kappa shape index (κ1) is 15.1. The monoisotopic (exact) mass is 288 g/mol. The number of fused-ring (bicyclic) bond motifs is 1. The molecule has 0 bridgehead atoms. The van der Waals surface area contributed by atoms with E-state index < -0.39 is 12.0 Å². The van der Waals surface area contributed by atoms with E-state index in [4.69, 9.17) is 5.11 Å². The van der Waals surface area contributed by atoms with Crippen molar-refractivity contribution >= 4 is 22.8 Å². The molecule has 1 heterocycles. The maximum atomic E-state index is 12.4. The van der Waals surface area contributed by atoms with Gasteiger partial charge in [0.2, 0.25) is 5.91 Å². The zero-order valence-electron chi connectivity index (χ0n) is 12.5. The standard InChI is InChI=1S/C16H20N2O3/c1-4-14(16(20)21)18(3)15(19)9-12-10(2)17-13-8-6-5-7-11(12)13/h5-8,14,17H,4,9H2,1-3H3,(H,20,21). The molecule has 21 heavy (non-hydrogen) atoms. The highest BCUT2D eigenvalue weighted by Crippen LogP contribution is 2.23. The van der Waals surface area contributed by atoms with E-state index in [2.05, 4.69) is 4.98 Å². The number of rotatable bonds is 5. The number of aromatic nitrogens is 1. The normalized spacial score (nSPS) is 12.3. The maximum Gasteiger partial charge on any atom is 0.326 e. The maximum absolute atomic E-state index is 12.4. The summed E-state index contributed by atoms with van der Waals surface area (Å²) >= 11 is 0. The Balaban J connectivity index is 2.25. The molecule has 0 aliphatic heterocycles.